The molecule has 1 aromatic carbocycles. The van der Waals surface area contributed by atoms with Gasteiger partial charge in [-0.15, -0.1) is 0 Å². The number of hydrogen-bond donors (Lipinski definition) is 2. The Morgan fingerprint density at radius 3 is 2.58 bits per heavy atom. The van der Waals surface area contributed by atoms with Gasteiger partial charge in [0.05, 0.1) is 26.3 Å². The molecule has 2 aromatic rings. The number of hydrogen-bond acceptors (Lipinski definition) is 5. The smallest absolute Gasteiger partial charge is 0.262 e. The van der Waals surface area contributed by atoms with Crippen LogP contribution in [0.25, 0.3) is 5.69 Å². The van der Waals surface area contributed by atoms with Crippen molar-refractivity contribution in [3.63, 3.8) is 0 Å². The first-order valence-electron chi connectivity index (χ1n) is 6.27. The molecule has 1 aliphatic rings. The summed E-state index contributed by atoms with van der Waals surface area (Å²) in [6, 6.07) is 3.64. The Kier molecular flexibility index (Phi) is 3.66. The molecule has 2 heterocycles. The van der Waals surface area contributed by atoms with E-state index in [0.717, 1.165) is 16.7 Å². The molecule has 0 aliphatic carbocycles. The van der Waals surface area contributed by atoms with Crippen molar-refractivity contribution < 1.29 is 14.0 Å². The zero-order valence-corrected chi connectivity index (χ0v) is 13.8. The second-order valence-corrected chi connectivity index (χ2v) is 6.03. The van der Waals surface area contributed by atoms with Gasteiger partial charge in [-0.05, 0) is 22.0 Å². The fourth-order valence-electron chi connectivity index (χ4n) is 2.42. The van der Waals surface area contributed by atoms with Gasteiger partial charge in [-0.3, -0.25) is 24.3 Å². The van der Waals surface area contributed by atoms with E-state index >= 15 is 0 Å². The van der Waals surface area contributed by atoms with Gasteiger partial charge in [0.25, 0.3) is 17.4 Å². The molecule has 3 N–H and O–H groups in total. The molecule has 0 saturated heterocycles. The molecule has 10 heteroatoms. The highest BCUT2D eigenvalue weighted by Crippen LogP contribution is 2.33. The summed E-state index contributed by atoms with van der Waals surface area (Å²) in [5.41, 5.74) is 3.75. The molecule has 0 spiro atoms. The number of nitrogens with two attached hydrogens (primary N) is 1. The molecule has 7 nitrogen and oxygen atoms in total. The van der Waals surface area contributed by atoms with Crippen molar-refractivity contribution >= 4 is 45.2 Å². The standard InChI is InChI=1S/C14H5BrClFN4O3/c15-6-2-7(16)11(5(3-18)10(6)17)21-8(22)1-4-9(12(21)19)14(24)20-13(4)23/h1-2H,19H2,(H,20,23,24). The second kappa shape index (κ2) is 5.43. The van der Waals surface area contributed by atoms with Crippen LogP contribution < -0.4 is 16.6 Å². The molecule has 0 unspecified atom stereocenters. The molecule has 0 fully saturated rings. The number of fused-ring (bicyclic) bond motifs is 1. The molecule has 0 bridgehead atoms. The van der Waals surface area contributed by atoms with E-state index in [2.05, 4.69) is 15.9 Å². The predicted octanol–water partition coefficient (Wildman–Crippen LogP) is 1.73. The monoisotopic (exact) mass is 410 g/mol. The number of aromatic nitrogens is 1. The van der Waals surface area contributed by atoms with Gasteiger partial charge in [-0.1, -0.05) is 11.6 Å². The second-order valence-electron chi connectivity index (χ2n) is 4.76. The molecule has 3 rings (SSSR count). The molecule has 120 valence electrons. The average Bonchev–Trinajstić information content (AvgIpc) is 2.79. The van der Waals surface area contributed by atoms with Gasteiger partial charge in [0.15, 0.2) is 5.82 Å². The molecule has 2 amide bonds. The van der Waals surface area contributed by atoms with Crippen LogP contribution in [0.15, 0.2) is 21.4 Å². The van der Waals surface area contributed by atoms with Crippen LogP contribution in [0, 0.1) is 17.1 Å². The highest BCUT2D eigenvalue weighted by Gasteiger charge is 2.33. The molecular formula is C14H5BrClFN4O3. The minimum atomic E-state index is -0.941. The van der Waals surface area contributed by atoms with Crippen molar-refractivity contribution in [3.8, 4) is 11.8 Å². The van der Waals surface area contributed by atoms with Crippen LogP contribution in [0.1, 0.15) is 26.3 Å². The lowest BCUT2D eigenvalue weighted by atomic mass is 10.1. The van der Waals surface area contributed by atoms with E-state index in [1.807, 2.05) is 5.32 Å². The Hall–Kier alpha value is -2.70. The van der Waals surface area contributed by atoms with Crippen molar-refractivity contribution in [3.05, 3.63) is 54.5 Å². The van der Waals surface area contributed by atoms with E-state index in [1.165, 1.54) is 0 Å². The highest BCUT2D eigenvalue weighted by atomic mass is 79.9. The minimum Gasteiger partial charge on any atom is -0.384 e. The summed E-state index contributed by atoms with van der Waals surface area (Å²) < 4.78 is 14.8. The number of nitriles is 1. The largest absolute Gasteiger partial charge is 0.384 e. The SMILES string of the molecule is N#Cc1c(F)c(Br)cc(Cl)c1-n1c(N)c2c(cc1=O)C(=O)NC2=O. The van der Waals surface area contributed by atoms with Crippen molar-refractivity contribution in [2.75, 3.05) is 5.73 Å². The Morgan fingerprint density at radius 2 is 1.96 bits per heavy atom. The lowest BCUT2D eigenvalue weighted by molar-refractivity contribution is 0.0880. The molecule has 1 aliphatic heterocycles. The third kappa shape index (κ3) is 2.11. The molecule has 0 radical (unpaired) electrons. The zero-order chi connectivity index (χ0) is 17.8. The van der Waals surface area contributed by atoms with Crippen molar-refractivity contribution in [2.24, 2.45) is 0 Å². The van der Waals surface area contributed by atoms with Crippen LogP contribution in [-0.4, -0.2) is 16.4 Å². The number of carbonyl (C=O) groups is 2. The van der Waals surface area contributed by atoms with Crippen molar-refractivity contribution in [2.45, 2.75) is 0 Å². The Morgan fingerprint density at radius 1 is 1.29 bits per heavy atom. The number of nitrogens with one attached hydrogen (secondary N) is 1. The van der Waals surface area contributed by atoms with Gasteiger partial charge in [0, 0.05) is 6.07 Å². The van der Waals surface area contributed by atoms with Gasteiger partial charge in [0.2, 0.25) is 0 Å². The first kappa shape index (κ1) is 16.2. The maximum atomic E-state index is 14.2. The number of nitrogen functional groups attached to an aromatic ring is 1. The summed E-state index contributed by atoms with van der Waals surface area (Å²) in [5.74, 6) is -2.92. The average molecular weight is 412 g/mol. The first-order chi connectivity index (χ1) is 11.3. The lowest BCUT2D eigenvalue weighted by Gasteiger charge is -2.15. The Balaban J connectivity index is 2.47. The number of amides is 2. The summed E-state index contributed by atoms with van der Waals surface area (Å²) in [7, 11) is 0. The number of pyridine rings is 1. The number of rotatable bonds is 1. The lowest BCUT2D eigenvalue weighted by Crippen LogP contribution is -2.25. The molecule has 24 heavy (non-hydrogen) atoms. The maximum absolute atomic E-state index is 14.2. The van der Waals surface area contributed by atoms with Crippen molar-refractivity contribution in [1.29, 1.82) is 5.26 Å². The minimum absolute atomic E-state index is 0.0755. The van der Waals surface area contributed by atoms with E-state index in [0.29, 0.717) is 0 Å². The quantitative estimate of drug-likeness (QED) is 0.547. The number of benzene rings is 1. The molecule has 0 atom stereocenters. The van der Waals surface area contributed by atoms with Crippen LogP contribution in [-0.2, 0) is 0 Å². The molecule has 0 saturated carbocycles. The number of nitrogens with zero attached hydrogens (tertiary/aromatic N) is 2. The highest BCUT2D eigenvalue weighted by molar-refractivity contribution is 9.10. The number of carbonyl (C=O) groups excluding carboxylic acids is 2. The predicted molar refractivity (Wildman–Crippen MR) is 85.6 cm³/mol. The zero-order valence-electron chi connectivity index (χ0n) is 11.5. The summed E-state index contributed by atoms with van der Waals surface area (Å²) in [6.45, 7) is 0. The summed E-state index contributed by atoms with van der Waals surface area (Å²) in [5, 5.41) is 11.1. The third-order valence-corrected chi connectivity index (χ3v) is 4.30. The number of halogens is 3. The van der Waals surface area contributed by atoms with E-state index in [-0.39, 0.29) is 26.3 Å². The van der Waals surface area contributed by atoms with E-state index in [4.69, 9.17) is 17.3 Å². The molecule has 1 aromatic heterocycles. The summed E-state index contributed by atoms with van der Waals surface area (Å²) in [6.07, 6.45) is 0. The van der Waals surface area contributed by atoms with Crippen LogP contribution in [0.4, 0.5) is 10.2 Å². The van der Waals surface area contributed by atoms with Gasteiger partial charge >= 0.3 is 0 Å². The van der Waals surface area contributed by atoms with Crippen LogP contribution in [0.5, 0.6) is 0 Å². The van der Waals surface area contributed by atoms with E-state index in [9.17, 15) is 24.0 Å². The summed E-state index contributed by atoms with van der Waals surface area (Å²) in [4.78, 5) is 35.8. The Labute approximate surface area is 146 Å². The van der Waals surface area contributed by atoms with Crippen LogP contribution >= 0.6 is 27.5 Å². The number of imide groups is 1. The van der Waals surface area contributed by atoms with Gasteiger partial charge in [-0.25, -0.2) is 4.39 Å². The maximum Gasteiger partial charge on any atom is 0.262 e. The van der Waals surface area contributed by atoms with E-state index in [1.54, 1.807) is 6.07 Å². The third-order valence-electron chi connectivity index (χ3n) is 3.43. The normalized spacial score (nSPS) is 12.8. The topological polar surface area (TPSA) is 118 Å². The van der Waals surface area contributed by atoms with E-state index < -0.39 is 34.6 Å². The van der Waals surface area contributed by atoms with Crippen LogP contribution in [0.2, 0.25) is 5.02 Å². The Bertz CT molecular complexity index is 1060. The first-order valence-corrected chi connectivity index (χ1v) is 7.44. The van der Waals surface area contributed by atoms with Crippen molar-refractivity contribution in [1.82, 2.24) is 9.88 Å². The van der Waals surface area contributed by atoms with Gasteiger partial charge < -0.3 is 5.73 Å². The fourth-order valence-corrected chi connectivity index (χ4v) is 3.26. The molecular weight excluding hydrogens is 407 g/mol. The fraction of sp³-hybridized carbons (Fsp3) is 0. The van der Waals surface area contributed by atoms with Gasteiger partial charge in [0.1, 0.15) is 17.5 Å². The van der Waals surface area contributed by atoms with Crippen LogP contribution in [0.3, 0.4) is 0 Å². The summed E-state index contributed by atoms with van der Waals surface area (Å²) >= 11 is 8.96. The van der Waals surface area contributed by atoms with Gasteiger partial charge in [-0.2, -0.15) is 5.26 Å². The number of anilines is 1.